The van der Waals surface area contributed by atoms with Gasteiger partial charge in [-0.2, -0.15) is 0 Å². The van der Waals surface area contributed by atoms with Crippen LogP contribution in [0.4, 0.5) is 0 Å². The molecule has 0 atom stereocenters. The summed E-state index contributed by atoms with van der Waals surface area (Å²) in [4.78, 5) is 4.17. The average molecular weight is 278 g/mol. The van der Waals surface area contributed by atoms with Gasteiger partial charge in [0.1, 0.15) is 5.01 Å². The topological polar surface area (TPSA) is 59.9 Å². The van der Waals surface area contributed by atoms with E-state index in [1.54, 1.807) is 6.20 Å². The van der Waals surface area contributed by atoms with Crippen molar-refractivity contribution in [3.63, 3.8) is 0 Å². The van der Waals surface area contributed by atoms with Crippen molar-refractivity contribution in [2.75, 3.05) is 0 Å². The molecular formula is C13H18N4OS. The van der Waals surface area contributed by atoms with E-state index in [4.69, 9.17) is 4.74 Å². The second kappa shape index (κ2) is 5.63. The summed E-state index contributed by atoms with van der Waals surface area (Å²) in [5.41, 5.74) is 0.902. The third-order valence-electron chi connectivity index (χ3n) is 2.37. The molecule has 19 heavy (non-hydrogen) atoms. The number of hydrogen-bond donors (Lipinski definition) is 1. The van der Waals surface area contributed by atoms with Gasteiger partial charge in [0.2, 0.25) is 0 Å². The summed E-state index contributed by atoms with van der Waals surface area (Å²) in [6, 6.07) is 3.71. The number of ether oxygens (including phenoxy) is 1. The van der Waals surface area contributed by atoms with Crippen molar-refractivity contribution in [1.82, 2.24) is 20.5 Å². The summed E-state index contributed by atoms with van der Waals surface area (Å²) in [6.07, 6.45) is 1.74. The number of hydrogen-bond acceptors (Lipinski definition) is 6. The molecule has 0 unspecified atom stereocenters. The van der Waals surface area contributed by atoms with Crippen LogP contribution in [0, 0.1) is 6.92 Å². The molecule has 0 aliphatic rings. The first-order valence-corrected chi connectivity index (χ1v) is 6.92. The lowest BCUT2D eigenvalue weighted by molar-refractivity contribution is 0.422. The molecule has 2 rings (SSSR count). The Labute approximate surface area is 117 Å². The zero-order valence-electron chi connectivity index (χ0n) is 11.6. The lowest BCUT2D eigenvalue weighted by Crippen LogP contribution is -2.35. The van der Waals surface area contributed by atoms with Gasteiger partial charge in [-0.15, -0.1) is 5.10 Å². The maximum Gasteiger partial charge on any atom is 0.299 e. The van der Waals surface area contributed by atoms with Crippen molar-refractivity contribution in [2.45, 2.75) is 39.8 Å². The van der Waals surface area contributed by atoms with E-state index in [0.717, 1.165) is 10.7 Å². The lowest BCUT2D eigenvalue weighted by atomic mass is 10.1. The summed E-state index contributed by atoms with van der Waals surface area (Å²) in [7, 11) is 0. The van der Waals surface area contributed by atoms with Gasteiger partial charge < -0.3 is 10.1 Å². The second-order valence-corrected chi connectivity index (χ2v) is 6.28. The zero-order chi connectivity index (χ0) is 13.9. The highest BCUT2D eigenvalue weighted by atomic mass is 32.1. The maximum atomic E-state index is 5.68. The molecule has 0 saturated heterocycles. The number of aromatic nitrogens is 3. The molecule has 0 spiro atoms. The minimum atomic E-state index is 0.0621. The molecule has 2 heterocycles. The van der Waals surface area contributed by atoms with E-state index in [9.17, 15) is 0 Å². The predicted octanol–water partition coefficient (Wildman–Crippen LogP) is 2.92. The van der Waals surface area contributed by atoms with Crippen LogP contribution in [0.1, 0.15) is 31.5 Å². The first kappa shape index (κ1) is 13.9. The summed E-state index contributed by atoms with van der Waals surface area (Å²) in [5, 5.41) is 13.0. The van der Waals surface area contributed by atoms with Gasteiger partial charge in [-0.1, -0.05) is 16.4 Å². The Morgan fingerprint density at radius 1 is 1.32 bits per heavy atom. The van der Waals surface area contributed by atoms with Gasteiger partial charge in [-0.05, 0) is 39.8 Å². The Bertz CT molecular complexity index is 548. The van der Waals surface area contributed by atoms with E-state index in [0.29, 0.717) is 17.5 Å². The third-order valence-corrected chi connectivity index (χ3v) is 3.18. The van der Waals surface area contributed by atoms with Crippen LogP contribution in [0.25, 0.3) is 0 Å². The van der Waals surface area contributed by atoms with Crippen molar-refractivity contribution < 1.29 is 4.74 Å². The molecule has 0 radical (unpaired) electrons. The molecule has 0 fully saturated rings. The molecule has 0 aliphatic carbocycles. The van der Waals surface area contributed by atoms with E-state index in [2.05, 4.69) is 41.3 Å². The van der Waals surface area contributed by atoms with Crippen LogP contribution in [0.5, 0.6) is 10.9 Å². The summed E-state index contributed by atoms with van der Waals surface area (Å²) < 4.78 is 5.68. The van der Waals surface area contributed by atoms with Crippen molar-refractivity contribution in [2.24, 2.45) is 0 Å². The number of rotatable bonds is 4. The summed E-state index contributed by atoms with van der Waals surface area (Å²) in [6.45, 7) is 8.94. The van der Waals surface area contributed by atoms with Gasteiger partial charge in [0.25, 0.3) is 5.19 Å². The largest absolute Gasteiger partial charge is 0.428 e. The molecule has 0 saturated carbocycles. The van der Waals surface area contributed by atoms with Gasteiger partial charge >= 0.3 is 0 Å². The van der Waals surface area contributed by atoms with Gasteiger partial charge in [-0.3, -0.25) is 4.98 Å². The summed E-state index contributed by atoms with van der Waals surface area (Å²) >= 11 is 1.44. The van der Waals surface area contributed by atoms with Gasteiger partial charge in [0, 0.05) is 11.7 Å². The highest BCUT2D eigenvalue weighted by Gasteiger charge is 2.12. The van der Waals surface area contributed by atoms with Crippen molar-refractivity contribution in [1.29, 1.82) is 0 Å². The number of nitrogens with one attached hydrogen (secondary N) is 1. The second-order valence-electron chi connectivity index (χ2n) is 5.25. The standard InChI is InChI=1S/C13H18N4OS/c1-9-10(6-5-7-14-9)18-12-17-16-11(19-12)8-15-13(2,3)4/h5-7,15H,8H2,1-4H3. The van der Waals surface area contributed by atoms with Crippen molar-refractivity contribution >= 4 is 11.3 Å². The number of aryl methyl sites for hydroxylation is 1. The van der Waals surface area contributed by atoms with Crippen LogP contribution >= 0.6 is 11.3 Å². The van der Waals surface area contributed by atoms with E-state index in [-0.39, 0.29) is 5.54 Å². The fourth-order valence-electron chi connectivity index (χ4n) is 1.36. The molecule has 0 aliphatic heterocycles. The molecule has 0 bridgehead atoms. The molecule has 2 aromatic rings. The van der Waals surface area contributed by atoms with E-state index >= 15 is 0 Å². The van der Waals surface area contributed by atoms with Crippen LogP contribution < -0.4 is 10.1 Å². The molecule has 102 valence electrons. The van der Waals surface area contributed by atoms with Crippen LogP contribution in [0.2, 0.25) is 0 Å². The van der Waals surface area contributed by atoms with E-state index < -0.39 is 0 Å². The normalized spacial score (nSPS) is 11.6. The average Bonchev–Trinajstić information content (AvgIpc) is 2.77. The molecule has 1 N–H and O–H groups in total. The van der Waals surface area contributed by atoms with Crippen molar-refractivity contribution in [3.05, 3.63) is 29.0 Å². The van der Waals surface area contributed by atoms with Crippen LogP contribution in [-0.2, 0) is 6.54 Å². The smallest absolute Gasteiger partial charge is 0.299 e. The highest BCUT2D eigenvalue weighted by Crippen LogP contribution is 2.26. The molecule has 0 aromatic carbocycles. The third kappa shape index (κ3) is 4.25. The molecule has 5 nitrogen and oxygen atoms in total. The minimum Gasteiger partial charge on any atom is -0.428 e. The predicted molar refractivity (Wildman–Crippen MR) is 75.5 cm³/mol. The quantitative estimate of drug-likeness (QED) is 0.931. The molecular weight excluding hydrogens is 260 g/mol. The maximum absolute atomic E-state index is 5.68. The molecule has 2 aromatic heterocycles. The SMILES string of the molecule is Cc1ncccc1Oc1nnc(CNC(C)(C)C)s1. The fraction of sp³-hybridized carbons (Fsp3) is 0.462. The van der Waals surface area contributed by atoms with Gasteiger partial charge in [0.15, 0.2) is 5.75 Å². The molecule has 0 amide bonds. The number of nitrogens with zero attached hydrogens (tertiary/aromatic N) is 3. The highest BCUT2D eigenvalue weighted by molar-refractivity contribution is 7.13. The number of pyridine rings is 1. The minimum absolute atomic E-state index is 0.0621. The zero-order valence-corrected chi connectivity index (χ0v) is 12.4. The van der Waals surface area contributed by atoms with E-state index in [1.807, 2.05) is 19.1 Å². The van der Waals surface area contributed by atoms with Crippen molar-refractivity contribution in [3.8, 4) is 10.9 Å². The van der Waals surface area contributed by atoms with Crippen LogP contribution in [-0.4, -0.2) is 20.7 Å². The van der Waals surface area contributed by atoms with E-state index in [1.165, 1.54) is 11.3 Å². The Hall–Kier alpha value is -1.53. The fourth-order valence-corrected chi connectivity index (χ4v) is 2.00. The Kier molecular flexibility index (Phi) is 4.11. The Balaban J connectivity index is 2.00. The van der Waals surface area contributed by atoms with Gasteiger partial charge in [-0.25, -0.2) is 0 Å². The van der Waals surface area contributed by atoms with Crippen LogP contribution in [0.15, 0.2) is 18.3 Å². The first-order chi connectivity index (χ1) is 8.94. The first-order valence-electron chi connectivity index (χ1n) is 6.11. The van der Waals surface area contributed by atoms with Crippen LogP contribution in [0.3, 0.4) is 0 Å². The summed E-state index contributed by atoms with van der Waals surface area (Å²) in [5.74, 6) is 0.717. The monoisotopic (exact) mass is 278 g/mol. The van der Waals surface area contributed by atoms with Gasteiger partial charge in [0.05, 0.1) is 12.2 Å². The lowest BCUT2D eigenvalue weighted by Gasteiger charge is -2.19. The Morgan fingerprint density at radius 2 is 2.11 bits per heavy atom. The Morgan fingerprint density at radius 3 is 2.79 bits per heavy atom. The molecule has 6 heteroatoms.